The first-order chi connectivity index (χ1) is 13.3. The maximum absolute atomic E-state index is 13.2. The quantitative estimate of drug-likeness (QED) is 0.773. The number of piperazine rings is 1. The second kappa shape index (κ2) is 7.28. The number of carbonyl (C=O) groups is 2. The van der Waals surface area contributed by atoms with Crippen LogP contribution in [0.4, 0.5) is 4.39 Å². The third kappa shape index (κ3) is 3.27. The SMILES string of the molecule is CN1C(=O)C(C)(Cc2ccc(F)cc2)N(C)C(=O)/C1=C\c1ccccc1C#N. The third-order valence-electron chi connectivity index (χ3n) is 5.23. The van der Waals surface area contributed by atoms with E-state index in [-0.39, 0.29) is 29.7 Å². The second-order valence-corrected chi connectivity index (χ2v) is 7.03. The molecule has 1 aliphatic heterocycles. The first kappa shape index (κ1) is 19.3. The maximum Gasteiger partial charge on any atom is 0.271 e. The Morgan fingerprint density at radius 3 is 2.39 bits per heavy atom. The predicted molar refractivity (Wildman–Crippen MR) is 103 cm³/mol. The van der Waals surface area contributed by atoms with Gasteiger partial charge in [0, 0.05) is 20.5 Å². The molecule has 1 aliphatic rings. The van der Waals surface area contributed by atoms with Gasteiger partial charge in [-0.15, -0.1) is 0 Å². The van der Waals surface area contributed by atoms with E-state index in [1.807, 2.05) is 0 Å². The van der Waals surface area contributed by atoms with Gasteiger partial charge in [0.2, 0.25) is 0 Å². The molecule has 0 radical (unpaired) electrons. The number of nitrogens with zero attached hydrogens (tertiary/aromatic N) is 3. The van der Waals surface area contributed by atoms with Crippen LogP contribution in [0.15, 0.2) is 54.2 Å². The van der Waals surface area contributed by atoms with Crippen LogP contribution in [-0.4, -0.2) is 41.2 Å². The summed E-state index contributed by atoms with van der Waals surface area (Å²) < 4.78 is 13.2. The highest BCUT2D eigenvalue weighted by Gasteiger charge is 2.48. The van der Waals surface area contributed by atoms with Crippen LogP contribution in [0.3, 0.4) is 0 Å². The minimum atomic E-state index is -1.10. The fourth-order valence-electron chi connectivity index (χ4n) is 3.38. The van der Waals surface area contributed by atoms with Crippen LogP contribution in [0.1, 0.15) is 23.6 Å². The van der Waals surface area contributed by atoms with Gasteiger partial charge in [0.1, 0.15) is 17.1 Å². The van der Waals surface area contributed by atoms with E-state index in [9.17, 15) is 19.2 Å². The van der Waals surface area contributed by atoms with E-state index in [1.54, 1.807) is 63.5 Å². The molecule has 0 spiro atoms. The largest absolute Gasteiger partial charge is 0.326 e. The highest BCUT2D eigenvalue weighted by Crippen LogP contribution is 2.31. The molecule has 2 aromatic carbocycles. The Morgan fingerprint density at radius 1 is 1.11 bits per heavy atom. The van der Waals surface area contributed by atoms with Crippen molar-refractivity contribution in [2.75, 3.05) is 14.1 Å². The molecule has 0 aromatic heterocycles. The highest BCUT2D eigenvalue weighted by molar-refractivity contribution is 6.08. The summed E-state index contributed by atoms with van der Waals surface area (Å²) >= 11 is 0. The van der Waals surface area contributed by atoms with Crippen LogP contribution in [-0.2, 0) is 16.0 Å². The summed E-state index contributed by atoms with van der Waals surface area (Å²) in [6.07, 6.45) is 1.83. The van der Waals surface area contributed by atoms with Gasteiger partial charge < -0.3 is 9.80 Å². The standard InChI is InChI=1S/C22H20FN3O2/c1-22(13-15-8-10-18(23)11-9-15)21(28)25(2)19(20(27)26(22)3)12-16-6-4-5-7-17(16)14-24/h4-12H,13H2,1-3H3/b19-12+. The van der Waals surface area contributed by atoms with Crippen LogP contribution in [0.2, 0.25) is 0 Å². The van der Waals surface area contributed by atoms with Gasteiger partial charge in [-0.3, -0.25) is 9.59 Å². The fourth-order valence-corrected chi connectivity index (χ4v) is 3.38. The molecule has 1 atom stereocenters. The molecule has 5 nitrogen and oxygen atoms in total. The summed E-state index contributed by atoms with van der Waals surface area (Å²) in [6, 6.07) is 14.9. The van der Waals surface area contributed by atoms with Crippen molar-refractivity contribution < 1.29 is 14.0 Å². The maximum atomic E-state index is 13.2. The minimum Gasteiger partial charge on any atom is -0.326 e. The summed E-state index contributed by atoms with van der Waals surface area (Å²) in [4.78, 5) is 29.0. The second-order valence-electron chi connectivity index (χ2n) is 7.03. The molecule has 0 saturated carbocycles. The Bertz CT molecular complexity index is 1010. The third-order valence-corrected chi connectivity index (χ3v) is 5.23. The van der Waals surface area contributed by atoms with Gasteiger partial charge in [0.05, 0.1) is 11.6 Å². The summed E-state index contributed by atoms with van der Waals surface area (Å²) in [5.74, 6) is -0.925. The Morgan fingerprint density at radius 2 is 1.75 bits per heavy atom. The van der Waals surface area contributed by atoms with Crippen molar-refractivity contribution in [2.24, 2.45) is 0 Å². The van der Waals surface area contributed by atoms with Crippen molar-refractivity contribution in [2.45, 2.75) is 18.9 Å². The number of likely N-dealkylation sites (N-methyl/N-ethyl adjacent to an activating group) is 2. The molecule has 142 valence electrons. The number of carbonyl (C=O) groups excluding carboxylic acids is 2. The molecule has 1 unspecified atom stereocenters. The Balaban J connectivity index is 1.98. The van der Waals surface area contributed by atoms with Crippen molar-refractivity contribution in [3.8, 4) is 6.07 Å². The molecule has 28 heavy (non-hydrogen) atoms. The first-order valence-electron chi connectivity index (χ1n) is 8.79. The molecule has 1 saturated heterocycles. The molecule has 0 aliphatic carbocycles. The normalized spacial score (nSPS) is 21.2. The molecular formula is C22H20FN3O2. The van der Waals surface area contributed by atoms with E-state index in [2.05, 4.69) is 6.07 Å². The van der Waals surface area contributed by atoms with Crippen LogP contribution in [0, 0.1) is 17.1 Å². The fraction of sp³-hybridized carbons (Fsp3) is 0.227. The van der Waals surface area contributed by atoms with Gasteiger partial charge >= 0.3 is 0 Å². The lowest BCUT2D eigenvalue weighted by Crippen LogP contribution is -2.64. The lowest BCUT2D eigenvalue weighted by Gasteiger charge is -2.45. The minimum absolute atomic E-state index is 0.201. The van der Waals surface area contributed by atoms with Crippen molar-refractivity contribution in [1.82, 2.24) is 9.80 Å². The number of nitriles is 1. The van der Waals surface area contributed by atoms with Gasteiger partial charge in [0.15, 0.2) is 0 Å². The monoisotopic (exact) mass is 377 g/mol. The van der Waals surface area contributed by atoms with Crippen LogP contribution >= 0.6 is 0 Å². The van der Waals surface area contributed by atoms with Crippen LogP contribution in [0.25, 0.3) is 6.08 Å². The van der Waals surface area contributed by atoms with E-state index < -0.39 is 5.54 Å². The highest BCUT2D eigenvalue weighted by atomic mass is 19.1. The Kier molecular flexibility index (Phi) is 5.02. The van der Waals surface area contributed by atoms with E-state index in [4.69, 9.17) is 0 Å². The average Bonchev–Trinajstić information content (AvgIpc) is 2.70. The van der Waals surface area contributed by atoms with Crippen LogP contribution < -0.4 is 0 Å². The van der Waals surface area contributed by atoms with Crippen molar-refractivity contribution in [1.29, 1.82) is 5.26 Å². The van der Waals surface area contributed by atoms with Crippen molar-refractivity contribution >= 4 is 17.9 Å². The lowest BCUT2D eigenvalue weighted by atomic mass is 9.87. The topological polar surface area (TPSA) is 64.4 Å². The molecule has 2 amide bonds. The predicted octanol–water partition coefficient (Wildman–Crippen LogP) is 2.97. The van der Waals surface area contributed by atoms with E-state index in [1.165, 1.54) is 21.9 Å². The Hall–Kier alpha value is -3.46. The summed E-state index contributed by atoms with van der Waals surface area (Å²) in [5, 5.41) is 9.27. The molecule has 2 aromatic rings. The zero-order chi connectivity index (χ0) is 20.5. The zero-order valence-electron chi connectivity index (χ0n) is 15.9. The molecular weight excluding hydrogens is 357 g/mol. The average molecular weight is 377 g/mol. The number of hydrogen-bond acceptors (Lipinski definition) is 3. The summed E-state index contributed by atoms with van der Waals surface area (Å²) in [6.45, 7) is 1.70. The summed E-state index contributed by atoms with van der Waals surface area (Å²) in [5.41, 5.74) is 0.851. The number of rotatable bonds is 3. The van der Waals surface area contributed by atoms with Gasteiger partial charge in [-0.1, -0.05) is 30.3 Å². The number of benzene rings is 2. The number of halogens is 1. The van der Waals surface area contributed by atoms with Gasteiger partial charge in [-0.25, -0.2) is 4.39 Å². The molecule has 3 rings (SSSR count). The first-order valence-corrected chi connectivity index (χ1v) is 8.79. The molecule has 1 heterocycles. The molecule has 6 heteroatoms. The van der Waals surface area contributed by atoms with Gasteiger partial charge in [-0.2, -0.15) is 5.26 Å². The van der Waals surface area contributed by atoms with E-state index in [0.717, 1.165) is 5.56 Å². The summed E-state index contributed by atoms with van der Waals surface area (Å²) in [7, 11) is 3.14. The van der Waals surface area contributed by atoms with E-state index in [0.29, 0.717) is 11.1 Å². The number of amides is 2. The van der Waals surface area contributed by atoms with Gasteiger partial charge in [0.25, 0.3) is 11.8 Å². The van der Waals surface area contributed by atoms with Gasteiger partial charge in [-0.05, 0) is 42.3 Å². The molecule has 1 fully saturated rings. The zero-order valence-corrected chi connectivity index (χ0v) is 15.9. The molecule has 0 N–H and O–H groups in total. The number of hydrogen-bond donors (Lipinski definition) is 0. The smallest absolute Gasteiger partial charge is 0.271 e. The lowest BCUT2D eigenvalue weighted by molar-refractivity contribution is -0.155. The van der Waals surface area contributed by atoms with Crippen LogP contribution in [0.5, 0.6) is 0 Å². The van der Waals surface area contributed by atoms with E-state index >= 15 is 0 Å². The molecule has 0 bridgehead atoms. The van der Waals surface area contributed by atoms with Crippen molar-refractivity contribution in [3.05, 3.63) is 76.7 Å². The van der Waals surface area contributed by atoms with Crippen molar-refractivity contribution in [3.63, 3.8) is 0 Å². The Labute approximate surface area is 163 Å².